The molecule has 0 radical (unpaired) electrons. The number of hydrogen-bond donors (Lipinski definition) is 2. The van der Waals surface area contributed by atoms with Crippen molar-refractivity contribution in [3.63, 3.8) is 0 Å². The van der Waals surface area contributed by atoms with Gasteiger partial charge in [-0.05, 0) is 25.2 Å². The van der Waals surface area contributed by atoms with Crippen molar-refractivity contribution >= 4 is 11.9 Å². The van der Waals surface area contributed by atoms with Crippen LogP contribution in [0.4, 0.5) is 11.9 Å². The number of nitrogens with zero attached hydrogens (tertiary/aromatic N) is 4. The third kappa shape index (κ3) is 3.43. The number of hydrogen-bond acceptors (Lipinski definition) is 7. The van der Waals surface area contributed by atoms with E-state index in [2.05, 4.69) is 20.4 Å². The lowest BCUT2D eigenvalue weighted by atomic mass is 10.4. The molecule has 1 saturated carbocycles. The molecular weight excluding hydrogens is 232 g/mol. The summed E-state index contributed by atoms with van der Waals surface area (Å²) in [5.74, 6) is 7.04. The smallest absolute Gasteiger partial charge is 0.323 e. The number of rotatable bonds is 7. The number of nitrogens with two attached hydrogens (primary N) is 1. The molecule has 1 heterocycles. The van der Waals surface area contributed by atoms with Crippen LogP contribution in [-0.4, -0.2) is 35.2 Å². The maximum Gasteiger partial charge on any atom is 0.323 e. The first kappa shape index (κ1) is 12.8. The average molecular weight is 252 g/mol. The summed E-state index contributed by atoms with van der Waals surface area (Å²) in [6.45, 7) is 3.57. The van der Waals surface area contributed by atoms with Crippen LogP contribution in [0.5, 0.6) is 6.01 Å². The molecule has 1 aliphatic rings. The molecule has 7 heteroatoms. The van der Waals surface area contributed by atoms with E-state index >= 15 is 0 Å². The van der Waals surface area contributed by atoms with Gasteiger partial charge in [0.25, 0.3) is 0 Å². The monoisotopic (exact) mass is 252 g/mol. The zero-order valence-electron chi connectivity index (χ0n) is 10.9. The third-order valence-electron chi connectivity index (χ3n) is 2.74. The first-order chi connectivity index (χ1) is 8.72. The highest BCUT2D eigenvalue weighted by molar-refractivity contribution is 5.37. The molecule has 100 valence electrons. The van der Waals surface area contributed by atoms with E-state index < -0.39 is 0 Å². The number of ether oxygens (including phenoxy) is 1. The fourth-order valence-electron chi connectivity index (χ4n) is 1.61. The van der Waals surface area contributed by atoms with Crippen LogP contribution in [0, 0.1) is 5.92 Å². The van der Waals surface area contributed by atoms with Crippen LogP contribution in [0.1, 0.15) is 26.2 Å². The quantitative estimate of drug-likeness (QED) is 0.548. The van der Waals surface area contributed by atoms with Crippen molar-refractivity contribution in [3.05, 3.63) is 0 Å². The number of nitrogen functional groups attached to an aromatic ring is 1. The van der Waals surface area contributed by atoms with E-state index in [-0.39, 0.29) is 0 Å². The Labute approximate surface area is 107 Å². The van der Waals surface area contributed by atoms with Gasteiger partial charge in [-0.25, -0.2) is 5.84 Å². The van der Waals surface area contributed by atoms with Crippen molar-refractivity contribution in [3.8, 4) is 6.01 Å². The Hall–Kier alpha value is -1.63. The van der Waals surface area contributed by atoms with Gasteiger partial charge in [0.1, 0.15) is 0 Å². The standard InChI is InChI=1S/C11H20N6O/c1-3-6-18-11-14-9(16-12)13-10(15-11)17(2)7-8-4-5-8/h8H,3-7,12H2,1-2H3,(H,13,14,15,16). The molecule has 0 spiro atoms. The van der Waals surface area contributed by atoms with Gasteiger partial charge in [-0.1, -0.05) is 6.92 Å². The number of aromatic nitrogens is 3. The molecule has 1 aliphatic carbocycles. The Morgan fingerprint density at radius 3 is 2.78 bits per heavy atom. The molecule has 18 heavy (non-hydrogen) atoms. The minimum atomic E-state index is 0.317. The minimum Gasteiger partial charge on any atom is -0.463 e. The molecule has 0 amide bonds. The van der Waals surface area contributed by atoms with E-state index in [0.717, 1.165) is 18.9 Å². The van der Waals surface area contributed by atoms with E-state index in [0.29, 0.717) is 24.5 Å². The van der Waals surface area contributed by atoms with Gasteiger partial charge in [0, 0.05) is 13.6 Å². The molecule has 1 fully saturated rings. The zero-order chi connectivity index (χ0) is 13.0. The molecule has 0 unspecified atom stereocenters. The summed E-state index contributed by atoms with van der Waals surface area (Å²) in [5, 5.41) is 0. The second-order valence-corrected chi connectivity index (χ2v) is 4.56. The summed E-state index contributed by atoms with van der Waals surface area (Å²) < 4.78 is 5.42. The Morgan fingerprint density at radius 2 is 2.17 bits per heavy atom. The third-order valence-corrected chi connectivity index (χ3v) is 2.74. The lowest BCUT2D eigenvalue weighted by molar-refractivity contribution is 0.292. The van der Waals surface area contributed by atoms with Crippen LogP contribution in [0.2, 0.25) is 0 Å². The van der Waals surface area contributed by atoms with E-state index in [9.17, 15) is 0 Å². The molecule has 3 N–H and O–H groups in total. The molecular formula is C11H20N6O. The van der Waals surface area contributed by atoms with Crippen LogP contribution < -0.4 is 20.9 Å². The van der Waals surface area contributed by atoms with Crippen molar-refractivity contribution in [1.29, 1.82) is 0 Å². The first-order valence-corrected chi connectivity index (χ1v) is 6.29. The summed E-state index contributed by atoms with van der Waals surface area (Å²) in [6.07, 6.45) is 3.48. The topological polar surface area (TPSA) is 89.2 Å². The largest absolute Gasteiger partial charge is 0.463 e. The molecule has 0 aliphatic heterocycles. The van der Waals surface area contributed by atoms with Gasteiger partial charge in [-0.15, -0.1) is 0 Å². The molecule has 2 rings (SSSR count). The van der Waals surface area contributed by atoms with E-state index in [1.165, 1.54) is 12.8 Å². The highest BCUT2D eigenvalue weighted by atomic mass is 16.5. The van der Waals surface area contributed by atoms with Crippen LogP contribution >= 0.6 is 0 Å². The predicted octanol–water partition coefficient (Wildman–Crippen LogP) is 0.792. The molecule has 0 saturated heterocycles. The maximum absolute atomic E-state index is 5.42. The van der Waals surface area contributed by atoms with Gasteiger partial charge in [0.15, 0.2) is 0 Å². The van der Waals surface area contributed by atoms with Crippen molar-refractivity contribution in [2.24, 2.45) is 11.8 Å². The van der Waals surface area contributed by atoms with Gasteiger partial charge in [0.2, 0.25) is 11.9 Å². The fourth-order valence-corrected chi connectivity index (χ4v) is 1.61. The van der Waals surface area contributed by atoms with Crippen LogP contribution in [0.3, 0.4) is 0 Å². The van der Waals surface area contributed by atoms with Gasteiger partial charge >= 0.3 is 6.01 Å². The first-order valence-electron chi connectivity index (χ1n) is 6.29. The van der Waals surface area contributed by atoms with Gasteiger partial charge in [-0.2, -0.15) is 15.0 Å². The van der Waals surface area contributed by atoms with E-state index in [1.807, 2.05) is 18.9 Å². The Kier molecular flexibility index (Phi) is 4.14. The normalized spacial score (nSPS) is 14.4. The summed E-state index contributed by atoms with van der Waals surface area (Å²) in [6, 6.07) is 0.317. The van der Waals surface area contributed by atoms with Crippen LogP contribution in [0.25, 0.3) is 0 Å². The number of anilines is 2. The van der Waals surface area contributed by atoms with Gasteiger partial charge in [0.05, 0.1) is 6.61 Å². The van der Waals surface area contributed by atoms with E-state index in [4.69, 9.17) is 10.6 Å². The minimum absolute atomic E-state index is 0.317. The predicted molar refractivity (Wildman–Crippen MR) is 69.4 cm³/mol. The maximum atomic E-state index is 5.42. The Morgan fingerprint density at radius 1 is 1.39 bits per heavy atom. The second kappa shape index (κ2) is 5.81. The Bertz CT molecular complexity index is 395. The second-order valence-electron chi connectivity index (χ2n) is 4.56. The van der Waals surface area contributed by atoms with Crippen LogP contribution in [0.15, 0.2) is 0 Å². The molecule has 0 atom stereocenters. The fraction of sp³-hybridized carbons (Fsp3) is 0.727. The van der Waals surface area contributed by atoms with Gasteiger partial charge in [-0.3, -0.25) is 5.43 Å². The van der Waals surface area contributed by atoms with Gasteiger partial charge < -0.3 is 9.64 Å². The number of nitrogens with one attached hydrogen (secondary N) is 1. The van der Waals surface area contributed by atoms with Crippen molar-refractivity contribution in [1.82, 2.24) is 15.0 Å². The average Bonchev–Trinajstić information content (AvgIpc) is 3.19. The summed E-state index contributed by atoms with van der Waals surface area (Å²) in [4.78, 5) is 14.6. The molecule has 0 bridgehead atoms. The summed E-state index contributed by atoms with van der Waals surface area (Å²) >= 11 is 0. The van der Waals surface area contributed by atoms with Crippen LogP contribution in [-0.2, 0) is 0 Å². The highest BCUT2D eigenvalue weighted by Gasteiger charge is 2.24. The highest BCUT2D eigenvalue weighted by Crippen LogP contribution is 2.30. The van der Waals surface area contributed by atoms with E-state index in [1.54, 1.807) is 0 Å². The molecule has 1 aromatic heterocycles. The molecule has 1 aromatic rings. The zero-order valence-corrected chi connectivity index (χ0v) is 10.9. The van der Waals surface area contributed by atoms with Crippen molar-refractivity contribution in [2.75, 3.05) is 30.5 Å². The summed E-state index contributed by atoms with van der Waals surface area (Å²) in [7, 11) is 1.97. The SMILES string of the molecule is CCCOc1nc(NN)nc(N(C)CC2CC2)n1. The van der Waals surface area contributed by atoms with Crippen molar-refractivity contribution in [2.45, 2.75) is 26.2 Å². The Balaban J connectivity index is 2.10. The van der Waals surface area contributed by atoms with Crippen molar-refractivity contribution < 1.29 is 4.74 Å². The lowest BCUT2D eigenvalue weighted by Gasteiger charge is -2.17. The summed E-state index contributed by atoms with van der Waals surface area (Å²) in [5.41, 5.74) is 2.44. The number of hydrazine groups is 1. The lowest BCUT2D eigenvalue weighted by Crippen LogP contribution is -2.24. The molecule has 0 aromatic carbocycles. The molecule has 7 nitrogen and oxygen atoms in total.